The standard InChI is InChI=1S/C19H28N4O4/c24-18(14-20-16-5-4-6-17(13-16)23(25)26)21-15-19(7-2-1-3-8-19)22-9-11-27-12-10-22/h4-6,13,20H,1-3,7-12,14-15H2,(H,21,24). The van der Waals surface area contributed by atoms with Gasteiger partial charge in [0.25, 0.3) is 5.69 Å². The van der Waals surface area contributed by atoms with Crippen LogP contribution in [0, 0.1) is 10.1 Å². The fraction of sp³-hybridized carbons (Fsp3) is 0.632. The van der Waals surface area contributed by atoms with Gasteiger partial charge in [-0.2, -0.15) is 0 Å². The van der Waals surface area contributed by atoms with E-state index in [2.05, 4.69) is 15.5 Å². The van der Waals surface area contributed by atoms with Gasteiger partial charge in [0.1, 0.15) is 0 Å². The van der Waals surface area contributed by atoms with E-state index in [0.29, 0.717) is 12.2 Å². The van der Waals surface area contributed by atoms with Crippen molar-refractivity contribution in [3.63, 3.8) is 0 Å². The molecule has 0 atom stereocenters. The third-order valence-corrected chi connectivity index (χ3v) is 5.59. The third kappa shape index (κ3) is 5.17. The molecule has 1 saturated heterocycles. The number of non-ortho nitro benzene ring substituents is 1. The number of nitrogens with zero attached hydrogens (tertiary/aromatic N) is 2. The van der Waals surface area contributed by atoms with Crippen LogP contribution in [-0.2, 0) is 9.53 Å². The molecule has 1 aliphatic carbocycles. The molecule has 0 bridgehead atoms. The van der Waals surface area contributed by atoms with Crippen molar-refractivity contribution in [1.82, 2.24) is 10.2 Å². The summed E-state index contributed by atoms with van der Waals surface area (Å²) in [6.45, 7) is 4.08. The van der Waals surface area contributed by atoms with Crippen LogP contribution in [-0.4, -0.2) is 60.7 Å². The van der Waals surface area contributed by atoms with Crippen LogP contribution in [0.1, 0.15) is 32.1 Å². The van der Waals surface area contributed by atoms with Gasteiger partial charge in [-0.15, -0.1) is 0 Å². The van der Waals surface area contributed by atoms with Crippen LogP contribution < -0.4 is 10.6 Å². The molecule has 1 aromatic rings. The first-order chi connectivity index (χ1) is 13.1. The van der Waals surface area contributed by atoms with Gasteiger partial charge in [0.2, 0.25) is 5.91 Å². The molecule has 3 rings (SSSR count). The lowest BCUT2D eigenvalue weighted by molar-refractivity contribution is -0.384. The van der Waals surface area contributed by atoms with Gasteiger partial charge in [-0.1, -0.05) is 25.3 Å². The zero-order valence-corrected chi connectivity index (χ0v) is 15.6. The van der Waals surface area contributed by atoms with Crippen LogP contribution in [0.2, 0.25) is 0 Å². The van der Waals surface area contributed by atoms with Crippen molar-refractivity contribution in [3.8, 4) is 0 Å². The van der Waals surface area contributed by atoms with Gasteiger partial charge in [0.15, 0.2) is 0 Å². The lowest BCUT2D eigenvalue weighted by Gasteiger charge is -2.48. The summed E-state index contributed by atoms with van der Waals surface area (Å²) in [5.74, 6) is -0.0975. The van der Waals surface area contributed by atoms with Gasteiger partial charge >= 0.3 is 0 Å². The monoisotopic (exact) mass is 376 g/mol. The maximum atomic E-state index is 12.4. The number of nitrogens with one attached hydrogen (secondary N) is 2. The minimum Gasteiger partial charge on any atom is -0.379 e. The fourth-order valence-electron chi connectivity index (χ4n) is 4.09. The fourth-order valence-corrected chi connectivity index (χ4v) is 4.09. The van der Waals surface area contributed by atoms with E-state index in [0.717, 1.165) is 39.1 Å². The molecule has 8 nitrogen and oxygen atoms in total. The topological polar surface area (TPSA) is 96.7 Å². The van der Waals surface area contributed by atoms with Gasteiger partial charge in [-0.05, 0) is 18.9 Å². The molecular formula is C19H28N4O4. The number of morpholine rings is 1. The maximum absolute atomic E-state index is 12.4. The Balaban J connectivity index is 1.53. The second-order valence-electron chi connectivity index (χ2n) is 7.32. The molecule has 1 aromatic carbocycles. The summed E-state index contributed by atoms with van der Waals surface area (Å²) in [5, 5.41) is 16.9. The van der Waals surface area contributed by atoms with Gasteiger partial charge in [-0.25, -0.2) is 0 Å². The van der Waals surface area contributed by atoms with Gasteiger partial charge < -0.3 is 15.4 Å². The lowest BCUT2D eigenvalue weighted by atomic mass is 9.79. The predicted octanol–water partition coefficient (Wildman–Crippen LogP) is 2.16. The first kappa shape index (κ1) is 19.6. The molecule has 8 heteroatoms. The Morgan fingerprint density at radius 3 is 2.67 bits per heavy atom. The minimum absolute atomic E-state index is 0.00823. The zero-order chi connectivity index (χ0) is 19.1. The van der Waals surface area contributed by atoms with Crippen molar-refractivity contribution in [2.75, 3.05) is 44.7 Å². The summed E-state index contributed by atoms with van der Waals surface area (Å²) in [6.07, 6.45) is 5.85. The highest BCUT2D eigenvalue weighted by Crippen LogP contribution is 2.33. The van der Waals surface area contributed by atoms with E-state index in [9.17, 15) is 14.9 Å². The van der Waals surface area contributed by atoms with Gasteiger partial charge in [0, 0.05) is 43.0 Å². The van der Waals surface area contributed by atoms with Crippen molar-refractivity contribution in [2.45, 2.75) is 37.6 Å². The van der Waals surface area contributed by atoms with Crippen LogP contribution >= 0.6 is 0 Å². The average Bonchev–Trinajstić information content (AvgIpc) is 2.72. The number of nitro groups is 1. The van der Waals surface area contributed by atoms with E-state index in [1.807, 2.05) is 0 Å². The smallest absolute Gasteiger partial charge is 0.271 e. The number of carbonyl (C=O) groups excluding carboxylic acids is 1. The van der Waals surface area contributed by atoms with Crippen molar-refractivity contribution >= 4 is 17.3 Å². The summed E-state index contributed by atoms with van der Waals surface area (Å²) >= 11 is 0. The van der Waals surface area contributed by atoms with E-state index in [4.69, 9.17) is 4.74 Å². The molecule has 2 N–H and O–H groups in total. The second kappa shape index (κ2) is 9.14. The Kier molecular flexibility index (Phi) is 6.63. The second-order valence-corrected chi connectivity index (χ2v) is 7.32. The summed E-state index contributed by atoms with van der Waals surface area (Å²) < 4.78 is 5.49. The van der Waals surface area contributed by atoms with Crippen molar-refractivity contribution in [3.05, 3.63) is 34.4 Å². The summed E-state index contributed by atoms with van der Waals surface area (Å²) in [7, 11) is 0. The lowest BCUT2D eigenvalue weighted by Crippen LogP contribution is -2.60. The number of ether oxygens (including phenoxy) is 1. The molecule has 1 amide bonds. The number of nitro benzene ring substituents is 1. The first-order valence-corrected chi connectivity index (χ1v) is 9.67. The van der Waals surface area contributed by atoms with Gasteiger partial charge in [0.05, 0.1) is 24.7 Å². The highest BCUT2D eigenvalue weighted by Gasteiger charge is 2.38. The molecule has 1 saturated carbocycles. The number of hydrogen-bond donors (Lipinski definition) is 2. The van der Waals surface area contributed by atoms with Gasteiger partial charge in [-0.3, -0.25) is 19.8 Å². The van der Waals surface area contributed by atoms with E-state index in [1.165, 1.54) is 31.4 Å². The summed E-state index contributed by atoms with van der Waals surface area (Å²) in [6, 6.07) is 6.19. The Labute approximate surface area is 159 Å². The zero-order valence-electron chi connectivity index (χ0n) is 15.6. The Hall–Kier alpha value is -2.19. The molecule has 2 aliphatic rings. The SMILES string of the molecule is O=C(CNc1cccc([N+](=O)[O-])c1)NCC1(N2CCOCC2)CCCCC1. The van der Waals surface area contributed by atoms with E-state index in [-0.39, 0.29) is 23.7 Å². The quantitative estimate of drug-likeness (QED) is 0.559. The molecule has 1 heterocycles. The van der Waals surface area contributed by atoms with E-state index >= 15 is 0 Å². The molecule has 2 fully saturated rings. The molecule has 0 spiro atoms. The maximum Gasteiger partial charge on any atom is 0.271 e. The van der Waals surface area contributed by atoms with E-state index < -0.39 is 4.92 Å². The average molecular weight is 376 g/mol. The highest BCUT2D eigenvalue weighted by atomic mass is 16.6. The Morgan fingerprint density at radius 1 is 1.22 bits per heavy atom. The first-order valence-electron chi connectivity index (χ1n) is 9.67. The largest absolute Gasteiger partial charge is 0.379 e. The highest BCUT2D eigenvalue weighted by molar-refractivity contribution is 5.80. The number of anilines is 1. The molecule has 0 radical (unpaired) electrons. The molecule has 27 heavy (non-hydrogen) atoms. The third-order valence-electron chi connectivity index (χ3n) is 5.59. The number of hydrogen-bond acceptors (Lipinski definition) is 6. The van der Waals surface area contributed by atoms with Crippen molar-refractivity contribution in [1.29, 1.82) is 0 Å². The van der Waals surface area contributed by atoms with Crippen LogP contribution in [0.25, 0.3) is 0 Å². The Morgan fingerprint density at radius 2 is 1.96 bits per heavy atom. The number of carbonyl (C=O) groups is 1. The van der Waals surface area contributed by atoms with E-state index in [1.54, 1.807) is 12.1 Å². The van der Waals surface area contributed by atoms with Crippen LogP contribution in [0.4, 0.5) is 11.4 Å². The van der Waals surface area contributed by atoms with Crippen LogP contribution in [0.5, 0.6) is 0 Å². The normalized spacial score (nSPS) is 20.0. The number of benzene rings is 1. The molecule has 1 aliphatic heterocycles. The van der Waals surface area contributed by atoms with Crippen LogP contribution in [0.3, 0.4) is 0 Å². The Bertz CT molecular complexity index is 655. The molecular weight excluding hydrogens is 348 g/mol. The number of rotatable bonds is 7. The van der Waals surface area contributed by atoms with Crippen LogP contribution in [0.15, 0.2) is 24.3 Å². The molecule has 148 valence electrons. The van der Waals surface area contributed by atoms with Crippen molar-refractivity contribution in [2.24, 2.45) is 0 Å². The summed E-state index contributed by atoms with van der Waals surface area (Å²) in [4.78, 5) is 25.2. The number of amides is 1. The molecule has 0 unspecified atom stereocenters. The molecule has 0 aromatic heterocycles. The summed E-state index contributed by atoms with van der Waals surface area (Å²) in [5.41, 5.74) is 0.609. The van der Waals surface area contributed by atoms with Crippen molar-refractivity contribution < 1.29 is 14.5 Å². The predicted molar refractivity (Wildman–Crippen MR) is 103 cm³/mol. The minimum atomic E-state index is -0.444.